The second-order valence-electron chi connectivity index (χ2n) is 7.00. The van der Waals surface area contributed by atoms with Gasteiger partial charge in [-0.15, -0.1) is 0 Å². The summed E-state index contributed by atoms with van der Waals surface area (Å²) in [4.78, 5) is 12.5. The fourth-order valence-electron chi connectivity index (χ4n) is 3.06. The van der Waals surface area contributed by atoms with Gasteiger partial charge in [0.1, 0.15) is 0 Å². The van der Waals surface area contributed by atoms with E-state index in [4.69, 9.17) is 11.6 Å². The summed E-state index contributed by atoms with van der Waals surface area (Å²) in [6, 6.07) is 15.8. The molecule has 1 heterocycles. The summed E-state index contributed by atoms with van der Waals surface area (Å²) in [5, 5.41) is 11.5. The molecule has 1 atom stereocenters. The van der Waals surface area contributed by atoms with Crippen molar-refractivity contribution in [3.8, 4) is 5.69 Å². The average Bonchev–Trinajstić information content (AvgIpc) is 2.95. The van der Waals surface area contributed by atoms with Crippen LogP contribution >= 0.6 is 11.6 Å². The predicted octanol–water partition coefficient (Wildman–Crippen LogP) is 4.74. The lowest BCUT2D eigenvalue weighted by atomic mass is 10.1. The van der Waals surface area contributed by atoms with Crippen molar-refractivity contribution in [3.05, 3.63) is 76.1 Å². The third-order valence-corrected chi connectivity index (χ3v) is 5.03. The van der Waals surface area contributed by atoms with Crippen LogP contribution in [0.2, 0.25) is 5.02 Å². The molecular weight excluding hydrogens is 372 g/mol. The highest BCUT2D eigenvalue weighted by atomic mass is 35.5. The van der Waals surface area contributed by atoms with Gasteiger partial charge < -0.3 is 10.6 Å². The molecule has 0 spiro atoms. The first-order valence-electron chi connectivity index (χ1n) is 9.27. The van der Waals surface area contributed by atoms with Gasteiger partial charge in [0.25, 0.3) is 0 Å². The number of aromatic nitrogens is 2. The molecule has 3 aromatic rings. The van der Waals surface area contributed by atoms with E-state index < -0.39 is 0 Å². The molecule has 2 aromatic carbocycles. The Hall–Kier alpha value is -2.63. The van der Waals surface area contributed by atoms with E-state index in [9.17, 15) is 4.79 Å². The highest BCUT2D eigenvalue weighted by molar-refractivity contribution is 6.30. The maximum atomic E-state index is 12.5. The molecule has 0 aliphatic rings. The number of hydrogen-bond acceptors (Lipinski definition) is 3. The van der Waals surface area contributed by atoms with Gasteiger partial charge in [0.2, 0.25) is 5.91 Å². The molecule has 0 fully saturated rings. The van der Waals surface area contributed by atoms with E-state index in [1.165, 1.54) is 5.56 Å². The van der Waals surface area contributed by atoms with Crippen molar-refractivity contribution in [2.24, 2.45) is 0 Å². The molecule has 0 aliphatic carbocycles. The Morgan fingerprint density at radius 2 is 1.71 bits per heavy atom. The van der Waals surface area contributed by atoms with Gasteiger partial charge in [-0.1, -0.05) is 41.4 Å². The Kier molecular flexibility index (Phi) is 6.17. The number of rotatable bonds is 6. The summed E-state index contributed by atoms with van der Waals surface area (Å²) < 4.78 is 1.86. The number of amides is 1. The van der Waals surface area contributed by atoms with Crippen LogP contribution in [0, 0.1) is 20.8 Å². The topological polar surface area (TPSA) is 59.0 Å². The van der Waals surface area contributed by atoms with Gasteiger partial charge in [0.05, 0.1) is 29.3 Å². The van der Waals surface area contributed by atoms with Crippen LogP contribution in [-0.2, 0) is 4.79 Å². The van der Waals surface area contributed by atoms with E-state index in [2.05, 4.69) is 22.7 Å². The minimum Gasteiger partial charge on any atom is -0.322 e. The van der Waals surface area contributed by atoms with Crippen molar-refractivity contribution >= 4 is 23.2 Å². The molecule has 6 heteroatoms. The van der Waals surface area contributed by atoms with Crippen molar-refractivity contribution < 1.29 is 4.79 Å². The number of anilines is 1. The van der Waals surface area contributed by atoms with Crippen molar-refractivity contribution in [1.29, 1.82) is 0 Å². The molecule has 2 N–H and O–H groups in total. The van der Waals surface area contributed by atoms with Crippen LogP contribution in [0.15, 0.2) is 48.5 Å². The molecule has 0 saturated carbocycles. The van der Waals surface area contributed by atoms with Gasteiger partial charge in [-0.25, -0.2) is 4.68 Å². The van der Waals surface area contributed by atoms with E-state index >= 15 is 0 Å². The lowest BCUT2D eigenvalue weighted by molar-refractivity contribution is -0.115. The van der Waals surface area contributed by atoms with E-state index in [1.807, 2.05) is 74.0 Å². The molecule has 5 nitrogen and oxygen atoms in total. The normalized spacial score (nSPS) is 12.0. The first-order chi connectivity index (χ1) is 13.3. The van der Waals surface area contributed by atoms with Crippen LogP contribution in [0.4, 0.5) is 5.69 Å². The van der Waals surface area contributed by atoms with Gasteiger partial charge in [-0.3, -0.25) is 4.79 Å². The number of carbonyl (C=O) groups is 1. The van der Waals surface area contributed by atoms with Gasteiger partial charge >= 0.3 is 0 Å². The first-order valence-corrected chi connectivity index (χ1v) is 9.65. The minimum atomic E-state index is -0.101. The molecule has 1 aromatic heterocycles. The summed E-state index contributed by atoms with van der Waals surface area (Å²) >= 11 is 5.93. The van der Waals surface area contributed by atoms with E-state index in [0.29, 0.717) is 5.02 Å². The standard InChI is InChI=1S/C22H25ClN4O/c1-14-5-11-20(12-6-14)27-17(4)22(16(3)26-27)25-21(28)13-24-15(2)18-7-9-19(23)10-8-18/h5-12,15,24H,13H2,1-4H3,(H,25,28). The van der Waals surface area contributed by atoms with Crippen molar-refractivity contribution in [2.75, 3.05) is 11.9 Å². The zero-order chi connectivity index (χ0) is 20.3. The van der Waals surface area contributed by atoms with Crippen molar-refractivity contribution in [1.82, 2.24) is 15.1 Å². The molecule has 1 unspecified atom stereocenters. The zero-order valence-electron chi connectivity index (χ0n) is 16.6. The van der Waals surface area contributed by atoms with E-state index in [0.717, 1.165) is 28.3 Å². The van der Waals surface area contributed by atoms with Crippen molar-refractivity contribution in [2.45, 2.75) is 33.7 Å². The van der Waals surface area contributed by atoms with Crippen molar-refractivity contribution in [3.63, 3.8) is 0 Å². The summed E-state index contributed by atoms with van der Waals surface area (Å²) in [5.74, 6) is -0.101. The Balaban J connectivity index is 1.65. The fraction of sp³-hybridized carbons (Fsp3) is 0.273. The second kappa shape index (κ2) is 8.59. The minimum absolute atomic E-state index is 0.0421. The molecular formula is C22H25ClN4O. The molecule has 0 bridgehead atoms. The van der Waals surface area contributed by atoms with Gasteiger partial charge in [-0.2, -0.15) is 5.10 Å². The van der Waals surface area contributed by atoms with Gasteiger partial charge in [0, 0.05) is 11.1 Å². The average molecular weight is 397 g/mol. The number of halogens is 1. The zero-order valence-corrected chi connectivity index (χ0v) is 17.3. The monoisotopic (exact) mass is 396 g/mol. The number of aryl methyl sites for hydroxylation is 2. The predicted molar refractivity (Wildman–Crippen MR) is 114 cm³/mol. The van der Waals surface area contributed by atoms with Gasteiger partial charge in [0.15, 0.2) is 0 Å². The molecule has 28 heavy (non-hydrogen) atoms. The van der Waals surface area contributed by atoms with E-state index in [1.54, 1.807) is 0 Å². The van der Waals surface area contributed by atoms with Crippen LogP contribution in [0.3, 0.4) is 0 Å². The molecule has 0 saturated heterocycles. The summed E-state index contributed by atoms with van der Waals surface area (Å²) in [5.41, 5.74) is 5.70. The summed E-state index contributed by atoms with van der Waals surface area (Å²) in [6.45, 7) is 8.13. The first kappa shape index (κ1) is 20.1. The third-order valence-electron chi connectivity index (χ3n) is 4.77. The number of nitrogens with zero attached hydrogens (tertiary/aromatic N) is 2. The molecule has 0 aliphatic heterocycles. The number of hydrogen-bond donors (Lipinski definition) is 2. The Labute approximate surface area is 170 Å². The Morgan fingerprint density at radius 3 is 2.36 bits per heavy atom. The molecule has 1 amide bonds. The number of benzene rings is 2. The Morgan fingerprint density at radius 1 is 1.07 bits per heavy atom. The summed E-state index contributed by atoms with van der Waals surface area (Å²) in [7, 11) is 0. The highest BCUT2D eigenvalue weighted by Crippen LogP contribution is 2.23. The molecule has 0 radical (unpaired) electrons. The van der Waals surface area contributed by atoms with Crippen LogP contribution in [-0.4, -0.2) is 22.2 Å². The second-order valence-corrected chi connectivity index (χ2v) is 7.43. The third kappa shape index (κ3) is 4.61. The smallest absolute Gasteiger partial charge is 0.238 e. The SMILES string of the molecule is Cc1ccc(-n2nc(C)c(NC(=O)CNC(C)c3ccc(Cl)cc3)c2C)cc1. The number of nitrogens with one attached hydrogen (secondary N) is 2. The Bertz CT molecular complexity index is 961. The molecule has 146 valence electrons. The van der Waals surface area contributed by atoms with E-state index in [-0.39, 0.29) is 18.5 Å². The quantitative estimate of drug-likeness (QED) is 0.632. The maximum Gasteiger partial charge on any atom is 0.238 e. The van der Waals surface area contributed by atoms with Crippen LogP contribution in [0.25, 0.3) is 5.69 Å². The lowest BCUT2D eigenvalue weighted by Crippen LogP contribution is -2.30. The summed E-state index contributed by atoms with van der Waals surface area (Å²) in [6.07, 6.45) is 0. The van der Waals surface area contributed by atoms with Crippen LogP contribution in [0.5, 0.6) is 0 Å². The van der Waals surface area contributed by atoms with Crippen LogP contribution < -0.4 is 10.6 Å². The van der Waals surface area contributed by atoms with Gasteiger partial charge in [-0.05, 0) is 57.5 Å². The largest absolute Gasteiger partial charge is 0.322 e. The lowest BCUT2D eigenvalue weighted by Gasteiger charge is -2.14. The number of carbonyl (C=O) groups excluding carboxylic acids is 1. The highest BCUT2D eigenvalue weighted by Gasteiger charge is 2.16. The van der Waals surface area contributed by atoms with Crippen LogP contribution in [0.1, 0.15) is 35.5 Å². The fourth-order valence-corrected chi connectivity index (χ4v) is 3.19. The molecule has 3 rings (SSSR count). The maximum absolute atomic E-state index is 12.5.